The molecule has 6 nitrogen and oxygen atoms in total. The Balaban J connectivity index is 2.08. The highest BCUT2D eigenvalue weighted by Gasteiger charge is 2.26. The van der Waals surface area contributed by atoms with Crippen LogP contribution >= 0.6 is 11.3 Å². The van der Waals surface area contributed by atoms with Gasteiger partial charge in [-0.05, 0) is 51.8 Å². The van der Waals surface area contributed by atoms with Crippen molar-refractivity contribution < 1.29 is 9.72 Å². The Kier molecular flexibility index (Phi) is 5.30. The number of carbonyl (C=O) groups excluding carboxylic acids is 1. The number of hydrogen-bond acceptors (Lipinski definition) is 5. The molecule has 116 valence electrons. The van der Waals surface area contributed by atoms with E-state index in [4.69, 9.17) is 0 Å². The molecule has 7 heteroatoms. The second-order valence-electron chi connectivity index (χ2n) is 5.66. The highest BCUT2D eigenvalue weighted by molar-refractivity contribution is 7.17. The van der Waals surface area contributed by atoms with Crippen LogP contribution < -0.4 is 5.32 Å². The molecule has 1 atom stereocenters. The quantitative estimate of drug-likeness (QED) is 0.669. The summed E-state index contributed by atoms with van der Waals surface area (Å²) in [6.07, 6.45) is 2.25. The monoisotopic (exact) mass is 311 g/mol. The van der Waals surface area contributed by atoms with Crippen molar-refractivity contribution in [2.75, 3.05) is 19.6 Å². The van der Waals surface area contributed by atoms with Crippen LogP contribution in [0.2, 0.25) is 0 Å². The Labute approximate surface area is 128 Å². The van der Waals surface area contributed by atoms with Crippen molar-refractivity contribution in [3.05, 3.63) is 27.1 Å². The zero-order valence-electron chi connectivity index (χ0n) is 12.4. The molecule has 21 heavy (non-hydrogen) atoms. The summed E-state index contributed by atoms with van der Waals surface area (Å²) in [5, 5.41) is 14.1. The molecule has 1 aliphatic heterocycles. The van der Waals surface area contributed by atoms with E-state index in [0.29, 0.717) is 17.3 Å². The molecule has 0 saturated carbocycles. The van der Waals surface area contributed by atoms with E-state index in [1.54, 1.807) is 6.07 Å². The summed E-state index contributed by atoms with van der Waals surface area (Å²) in [5.41, 5.74) is 0. The summed E-state index contributed by atoms with van der Waals surface area (Å²) in [6.45, 7) is 6.64. The number of hydrogen-bond donors (Lipinski definition) is 1. The molecule has 0 bridgehead atoms. The van der Waals surface area contributed by atoms with Gasteiger partial charge in [0, 0.05) is 18.7 Å². The second-order valence-corrected chi connectivity index (χ2v) is 6.72. The van der Waals surface area contributed by atoms with Crippen molar-refractivity contribution in [1.29, 1.82) is 0 Å². The number of piperidine rings is 1. The number of thiophene rings is 1. The molecule has 1 amide bonds. The predicted octanol–water partition coefficient (Wildman–Crippen LogP) is 2.51. The average molecular weight is 311 g/mol. The SMILES string of the molecule is CC(C)N(CC1CCCNC1)C(=O)c1ccc([N+](=O)[O-])s1. The van der Waals surface area contributed by atoms with Gasteiger partial charge in [-0.1, -0.05) is 11.3 Å². The minimum Gasteiger partial charge on any atom is -0.335 e. The third-order valence-corrected chi connectivity index (χ3v) is 4.75. The van der Waals surface area contributed by atoms with Gasteiger partial charge in [0.2, 0.25) is 0 Å². The fraction of sp³-hybridized carbons (Fsp3) is 0.643. The van der Waals surface area contributed by atoms with Gasteiger partial charge in [-0.3, -0.25) is 14.9 Å². The maximum absolute atomic E-state index is 12.6. The van der Waals surface area contributed by atoms with E-state index >= 15 is 0 Å². The lowest BCUT2D eigenvalue weighted by molar-refractivity contribution is -0.380. The first-order valence-electron chi connectivity index (χ1n) is 7.25. The zero-order chi connectivity index (χ0) is 15.4. The minimum absolute atomic E-state index is 0.0152. The Bertz CT molecular complexity index is 509. The van der Waals surface area contributed by atoms with Crippen LogP contribution in [0.15, 0.2) is 12.1 Å². The van der Waals surface area contributed by atoms with Crippen molar-refractivity contribution in [2.24, 2.45) is 5.92 Å². The highest BCUT2D eigenvalue weighted by atomic mass is 32.1. The molecular weight excluding hydrogens is 290 g/mol. The molecule has 2 rings (SSSR count). The number of nitrogens with one attached hydrogen (secondary N) is 1. The molecule has 1 unspecified atom stereocenters. The molecule has 0 spiro atoms. The highest BCUT2D eigenvalue weighted by Crippen LogP contribution is 2.26. The largest absolute Gasteiger partial charge is 0.335 e. The molecule has 0 aromatic carbocycles. The average Bonchev–Trinajstić information content (AvgIpc) is 2.95. The van der Waals surface area contributed by atoms with Gasteiger partial charge in [0.1, 0.15) is 0 Å². The Hall–Kier alpha value is -1.47. The van der Waals surface area contributed by atoms with Gasteiger partial charge < -0.3 is 10.2 Å². The summed E-state index contributed by atoms with van der Waals surface area (Å²) in [5.74, 6) is 0.355. The Morgan fingerprint density at radius 3 is 2.86 bits per heavy atom. The molecule has 1 aromatic heterocycles. The van der Waals surface area contributed by atoms with Crippen LogP contribution in [-0.4, -0.2) is 41.4 Å². The lowest BCUT2D eigenvalue weighted by Gasteiger charge is -2.32. The maximum Gasteiger partial charge on any atom is 0.324 e. The molecule has 1 saturated heterocycles. The zero-order valence-corrected chi connectivity index (χ0v) is 13.2. The van der Waals surface area contributed by atoms with Crippen LogP contribution in [0, 0.1) is 16.0 Å². The van der Waals surface area contributed by atoms with Crippen LogP contribution in [0.1, 0.15) is 36.4 Å². The summed E-state index contributed by atoms with van der Waals surface area (Å²) >= 11 is 0.951. The van der Waals surface area contributed by atoms with Gasteiger partial charge >= 0.3 is 5.00 Å². The summed E-state index contributed by atoms with van der Waals surface area (Å²) < 4.78 is 0. The van der Waals surface area contributed by atoms with Crippen molar-refractivity contribution >= 4 is 22.2 Å². The third kappa shape index (κ3) is 4.01. The van der Waals surface area contributed by atoms with Crippen LogP contribution in [0.3, 0.4) is 0 Å². The maximum atomic E-state index is 12.6. The predicted molar refractivity (Wildman–Crippen MR) is 82.7 cm³/mol. The molecule has 0 radical (unpaired) electrons. The number of amides is 1. The van der Waals surface area contributed by atoms with Gasteiger partial charge in [-0.15, -0.1) is 0 Å². The van der Waals surface area contributed by atoms with Crippen LogP contribution in [0.5, 0.6) is 0 Å². The standard InChI is InChI=1S/C14H21N3O3S/c1-10(2)16(9-11-4-3-7-15-8-11)14(18)12-5-6-13(21-12)17(19)20/h5-6,10-11,15H,3-4,7-9H2,1-2H3. The molecule has 1 fully saturated rings. The lowest BCUT2D eigenvalue weighted by atomic mass is 9.98. The number of carbonyl (C=O) groups is 1. The van der Waals surface area contributed by atoms with Gasteiger partial charge in [0.15, 0.2) is 0 Å². The third-order valence-electron chi connectivity index (χ3n) is 3.72. The summed E-state index contributed by atoms with van der Waals surface area (Å²) in [4.78, 5) is 25.1. The second kappa shape index (κ2) is 7.00. The van der Waals surface area contributed by atoms with E-state index in [1.165, 1.54) is 6.07 Å². The normalized spacial score (nSPS) is 18.7. The first-order valence-corrected chi connectivity index (χ1v) is 8.06. The molecule has 1 aromatic rings. The van der Waals surface area contributed by atoms with E-state index in [9.17, 15) is 14.9 Å². The van der Waals surface area contributed by atoms with Gasteiger partial charge in [-0.25, -0.2) is 0 Å². The minimum atomic E-state index is -0.452. The van der Waals surface area contributed by atoms with Gasteiger partial charge in [0.25, 0.3) is 5.91 Å². The molecule has 1 aliphatic rings. The molecule has 2 heterocycles. The smallest absolute Gasteiger partial charge is 0.324 e. The summed E-state index contributed by atoms with van der Waals surface area (Å²) in [6, 6.07) is 3.04. The van der Waals surface area contributed by atoms with Crippen LogP contribution in [-0.2, 0) is 0 Å². The topological polar surface area (TPSA) is 75.5 Å². The van der Waals surface area contributed by atoms with E-state index in [-0.39, 0.29) is 17.0 Å². The Morgan fingerprint density at radius 1 is 1.57 bits per heavy atom. The van der Waals surface area contributed by atoms with E-state index in [0.717, 1.165) is 37.3 Å². The lowest BCUT2D eigenvalue weighted by Crippen LogP contribution is -2.44. The van der Waals surface area contributed by atoms with Crippen molar-refractivity contribution in [1.82, 2.24) is 10.2 Å². The summed E-state index contributed by atoms with van der Waals surface area (Å²) in [7, 11) is 0. The van der Waals surface area contributed by atoms with E-state index < -0.39 is 4.92 Å². The van der Waals surface area contributed by atoms with Gasteiger partial charge in [0.05, 0.1) is 9.80 Å². The molecular formula is C14H21N3O3S. The van der Waals surface area contributed by atoms with Crippen LogP contribution in [0.25, 0.3) is 0 Å². The Morgan fingerprint density at radius 2 is 2.33 bits per heavy atom. The van der Waals surface area contributed by atoms with Gasteiger partial charge in [-0.2, -0.15) is 0 Å². The van der Waals surface area contributed by atoms with Crippen molar-refractivity contribution in [3.63, 3.8) is 0 Å². The molecule has 0 aliphatic carbocycles. The first kappa shape index (κ1) is 15.9. The van der Waals surface area contributed by atoms with E-state index in [1.807, 2.05) is 18.7 Å². The molecule has 1 N–H and O–H groups in total. The first-order chi connectivity index (χ1) is 9.99. The number of nitro groups is 1. The fourth-order valence-electron chi connectivity index (χ4n) is 2.57. The van der Waals surface area contributed by atoms with Crippen LogP contribution in [0.4, 0.5) is 5.00 Å². The van der Waals surface area contributed by atoms with E-state index in [2.05, 4.69) is 5.32 Å². The van der Waals surface area contributed by atoms with Crippen molar-refractivity contribution in [2.45, 2.75) is 32.7 Å². The number of rotatable bonds is 5. The van der Waals surface area contributed by atoms with Crippen molar-refractivity contribution in [3.8, 4) is 0 Å². The number of nitrogens with zero attached hydrogens (tertiary/aromatic N) is 2. The fourth-order valence-corrected chi connectivity index (χ4v) is 3.35.